The van der Waals surface area contributed by atoms with E-state index >= 15 is 0 Å². The van der Waals surface area contributed by atoms with Crippen molar-refractivity contribution in [3.05, 3.63) is 46.8 Å². The van der Waals surface area contributed by atoms with Gasteiger partial charge in [0.2, 0.25) is 0 Å². The third kappa shape index (κ3) is 2.07. The first-order chi connectivity index (χ1) is 10.7. The second-order valence-electron chi connectivity index (χ2n) is 5.59. The van der Waals surface area contributed by atoms with E-state index in [9.17, 15) is 4.39 Å². The van der Waals surface area contributed by atoms with Crippen LogP contribution < -0.4 is 11.1 Å². The number of fused-ring (bicyclic) bond motifs is 2. The van der Waals surface area contributed by atoms with Crippen LogP contribution in [-0.2, 0) is 19.4 Å². The Bertz CT molecular complexity index is 855. The molecule has 4 rings (SSSR count). The van der Waals surface area contributed by atoms with Crippen LogP contribution in [0.15, 0.2) is 24.3 Å². The van der Waals surface area contributed by atoms with Crippen molar-refractivity contribution in [1.29, 1.82) is 0 Å². The number of nitrogens with zero attached hydrogens (tertiary/aromatic N) is 2. The van der Waals surface area contributed by atoms with Gasteiger partial charge >= 0.3 is 0 Å². The summed E-state index contributed by atoms with van der Waals surface area (Å²) >= 11 is 0. The molecule has 0 radical (unpaired) electrons. The van der Waals surface area contributed by atoms with Crippen LogP contribution in [0.1, 0.15) is 23.1 Å². The first-order valence-corrected chi connectivity index (χ1v) is 7.36. The predicted molar refractivity (Wildman–Crippen MR) is 84.1 cm³/mol. The molecular formula is C16H16FN5. The maximum atomic E-state index is 14.1. The molecule has 0 bridgehead atoms. The molecule has 2 aromatic heterocycles. The van der Waals surface area contributed by atoms with E-state index in [1.54, 1.807) is 0 Å². The summed E-state index contributed by atoms with van der Waals surface area (Å²) in [5, 5.41) is 10.1. The van der Waals surface area contributed by atoms with Crippen molar-refractivity contribution in [2.24, 2.45) is 0 Å². The van der Waals surface area contributed by atoms with Crippen molar-refractivity contribution in [2.75, 3.05) is 11.1 Å². The van der Waals surface area contributed by atoms with Gasteiger partial charge in [0.1, 0.15) is 0 Å². The number of aryl methyl sites for hydroxylation is 1. The van der Waals surface area contributed by atoms with Crippen LogP contribution in [-0.4, -0.2) is 15.2 Å². The fraction of sp³-hybridized carbons (Fsp3) is 0.250. The minimum absolute atomic E-state index is 0.215. The summed E-state index contributed by atoms with van der Waals surface area (Å²) < 4.78 is 14.1. The van der Waals surface area contributed by atoms with E-state index < -0.39 is 5.82 Å². The highest BCUT2D eigenvalue weighted by Crippen LogP contribution is 2.26. The number of aromatic amines is 1. The number of anilines is 2. The third-order valence-electron chi connectivity index (χ3n) is 4.22. The van der Waals surface area contributed by atoms with E-state index in [1.807, 2.05) is 0 Å². The Kier molecular flexibility index (Phi) is 2.96. The van der Waals surface area contributed by atoms with Gasteiger partial charge in [0.25, 0.3) is 0 Å². The van der Waals surface area contributed by atoms with Crippen LogP contribution >= 0.6 is 0 Å². The molecule has 0 aliphatic heterocycles. The van der Waals surface area contributed by atoms with E-state index in [2.05, 4.69) is 38.7 Å². The minimum Gasteiger partial charge on any atom is -0.382 e. The molecule has 2 heterocycles. The standard InChI is InChI=1S/C16H16FN5/c17-13-7-12-14(18)21-22-15(12)20-16(13)19-8-10-5-1-3-9-4-2-6-11(9)10/h1,3,5,7H,2,4,6,8H2,(H4,18,19,20,21,22). The monoisotopic (exact) mass is 297 g/mol. The highest BCUT2D eigenvalue weighted by atomic mass is 19.1. The van der Waals surface area contributed by atoms with Crippen LogP contribution in [0.3, 0.4) is 0 Å². The number of benzene rings is 1. The van der Waals surface area contributed by atoms with Crippen molar-refractivity contribution in [1.82, 2.24) is 15.2 Å². The van der Waals surface area contributed by atoms with Gasteiger partial charge in [-0.2, -0.15) is 5.10 Å². The van der Waals surface area contributed by atoms with Gasteiger partial charge < -0.3 is 11.1 Å². The molecule has 6 heteroatoms. The van der Waals surface area contributed by atoms with E-state index in [1.165, 1.54) is 29.2 Å². The molecule has 0 fully saturated rings. The van der Waals surface area contributed by atoms with Gasteiger partial charge in [0.15, 0.2) is 23.1 Å². The number of halogens is 1. The van der Waals surface area contributed by atoms with E-state index in [0.29, 0.717) is 17.6 Å². The lowest BCUT2D eigenvalue weighted by molar-refractivity contribution is 0.627. The number of hydrogen-bond donors (Lipinski definition) is 3. The van der Waals surface area contributed by atoms with Gasteiger partial charge in [0.05, 0.1) is 5.39 Å². The zero-order chi connectivity index (χ0) is 15.1. The molecule has 3 aromatic rings. The molecule has 0 amide bonds. The number of nitrogens with two attached hydrogens (primary N) is 1. The largest absolute Gasteiger partial charge is 0.382 e. The number of rotatable bonds is 3. The molecule has 1 aliphatic rings. The smallest absolute Gasteiger partial charge is 0.166 e. The summed E-state index contributed by atoms with van der Waals surface area (Å²) in [5.41, 5.74) is 10.1. The van der Waals surface area contributed by atoms with Crippen LogP contribution in [0.4, 0.5) is 16.0 Å². The SMILES string of the molecule is Nc1n[nH]c2nc(NCc3cccc4c3CCC4)c(F)cc12. The zero-order valence-electron chi connectivity index (χ0n) is 12.0. The number of hydrogen-bond acceptors (Lipinski definition) is 4. The molecule has 112 valence electrons. The summed E-state index contributed by atoms with van der Waals surface area (Å²) in [6.45, 7) is 0.558. The van der Waals surface area contributed by atoms with Crippen molar-refractivity contribution in [3.63, 3.8) is 0 Å². The number of aromatic nitrogens is 3. The lowest BCUT2D eigenvalue weighted by Gasteiger charge is -2.11. The number of nitrogen functional groups attached to an aromatic ring is 1. The molecule has 1 aliphatic carbocycles. The molecule has 22 heavy (non-hydrogen) atoms. The highest BCUT2D eigenvalue weighted by molar-refractivity contribution is 5.86. The first kappa shape index (κ1) is 13.1. The van der Waals surface area contributed by atoms with Crippen molar-refractivity contribution in [3.8, 4) is 0 Å². The van der Waals surface area contributed by atoms with Gasteiger partial charge in [-0.3, -0.25) is 5.10 Å². The van der Waals surface area contributed by atoms with E-state index in [-0.39, 0.29) is 11.6 Å². The topological polar surface area (TPSA) is 79.6 Å². The van der Waals surface area contributed by atoms with Crippen LogP contribution in [0.25, 0.3) is 11.0 Å². The number of nitrogens with one attached hydrogen (secondary N) is 2. The van der Waals surface area contributed by atoms with E-state index in [0.717, 1.165) is 12.8 Å². The van der Waals surface area contributed by atoms with Crippen molar-refractivity contribution in [2.45, 2.75) is 25.8 Å². The number of pyridine rings is 1. The van der Waals surface area contributed by atoms with Gasteiger partial charge in [-0.25, -0.2) is 9.37 Å². The quantitative estimate of drug-likeness (QED) is 0.694. The summed E-state index contributed by atoms with van der Waals surface area (Å²) in [7, 11) is 0. The maximum absolute atomic E-state index is 14.1. The summed E-state index contributed by atoms with van der Waals surface area (Å²) in [4.78, 5) is 4.22. The number of H-pyrrole nitrogens is 1. The third-order valence-corrected chi connectivity index (χ3v) is 4.22. The average Bonchev–Trinajstić information content (AvgIpc) is 3.13. The molecule has 4 N–H and O–H groups in total. The normalized spacial score (nSPS) is 13.5. The zero-order valence-corrected chi connectivity index (χ0v) is 12.0. The van der Waals surface area contributed by atoms with Crippen molar-refractivity contribution < 1.29 is 4.39 Å². The van der Waals surface area contributed by atoms with Crippen LogP contribution in [0, 0.1) is 5.82 Å². The van der Waals surface area contributed by atoms with Crippen LogP contribution in [0.2, 0.25) is 0 Å². The van der Waals surface area contributed by atoms with Gasteiger partial charge in [-0.15, -0.1) is 0 Å². The Labute approximate surface area is 126 Å². The fourth-order valence-electron chi connectivity index (χ4n) is 3.11. The fourth-order valence-corrected chi connectivity index (χ4v) is 3.11. The van der Waals surface area contributed by atoms with Gasteiger partial charge in [0, 0.05) is 6.54 Å². The molecule has 0 spiro atoms. The Morgan fingerprint density at radius 2 is 2.23 bits per heavy atom. The Hall–Kier alpha value is -2.63. The lowest BCUT2D eigenvalue weighted by atomic mass is 10.0. The summed E-state index contributed by atoms with van der Waals surface area (Å²) in [5.74, 6) is 0.0498. The molecule has 1 aromatic carbocycles. The van der Waals surface area contributed by atoms with E-state index in [4.69, 9.17) is 5.73 Å². The summed E-state index contributed by atoms with van der Waals surface area (Å²) in [6, 6.07) is 7.68. The minimum atomic E-state index is -0.423. The second kappa shape index (κ2) is 4.98. The molecule has 0 atom stereocenters. The highest BCUT2D eigenvalue weighted by Gasteiger charge is 2.15. The average molecular weight is 297 g/mol. The Morgan fingerprint density at radius 3 is 3.14 bits per heavy atom. The molecule has 0 saturated heterocycles. The Balaban J connectivity index is 1.62. The molecule has 0 saturated carbocycles. The Morgan fingerprint density at radius 1 is 1.32 bits per heavy atom. The molecule has 0 unspecified atom stereocenters. The molecule has 5 nitrogen and oxygen atoms in total. The van der Waals surface area contributed by atoms with Gasteiger partial charge in [-0.1, -0.05) is 18.2 Å². The summed E-state index contributed by atoms with van der Waals surface area (Å²) in [6.07, 6.45) is 3.42. The van der Waals surface area contributed by atoms with Crippen molar-refractivity contribution >= 4 is 22.7 Å². The van der Waals surface area contributed by atoms with Crippen LogP contribution in [0.5, 0.6) is 0 Å². The lowest BCUT2D eigenvalue weighted by Crippen LogP contribution is -2.06. The molecular weight excluding hydrogens is 281 g/mol. The maximum Gasteiger partial charge on any atom is 0.166 e. The first-order valence-electron chi connectivity index (χ1n) is 7.36. The predicted octanol–water partition coefficient (Wildman–Crippen LogP) is 2.78. The van der Waals surface area contributed by atoms with Gasteiger partial charge in [-0.05, 0) is 42.0 Å². The second-order valence-corrected chi connectivity index (χ2v) is 5.59.